The summed E-state index contributed by atoms with van der Waals surface area (Å²) in [4.78, 5) is 16.1. The molecule has 2 aromatic rings. The molecule has 1 amide bonds. The first kappa shape index (κ1) is 12.9. The van der Waals surface area contributed by atoms with Crippen LogP contribution in [0.25, 0.3) is 11.0 Å². The number of carbonyl (C=O) groups excluding carboxylic acids is 1. The Kier molecular flexibility index (Phi) is 3.87. The Bertz CT molecular complexity index is 577. The number of hydrogen-bond donors (Lipinski definition) is 1. The van der Waals surface area contributed by atoms with E-state index in [2.05, 4.69) is 10.3 Å². The van der Waals surface area contributed by atoms with E-state index in [9.17, 15) is 4.79 Å². The van der Waals surface area contributed by atoms with Crippen LogP contribution < -0.4 is 5.32 Å². The van der Waals surface area contributed by atoms with E-state index in [1.807, 2.05) is 24.5 Å². The lowest BCUT2D eigenvalue weighted by Crippen LogP contribution is -2.23. The Morgan fingerprint density at radius 2 is 2.22 bits per heavy atom. The summed E-state index contributed by atoms with van der Waals surface area (Å²) in [6.07, 6.45) is 0.921. The Labute approximate surface area is 111 Å². The molecule has 0 saturated heterocycles. The molecule has 1 aromatic carbocycles. The van der Waals surface area contributed by atoms with Crippen LogP contribution in [0.5, 0.6) is 0 Å². The highest BCUT2D eigenvalue weighted by molar-refractivity contribution is 6.29. The first-order valence-corrected chi connectivity index (χ1v) is 6.49. The first-order chi connectivity index (χ1) is 8.67. The fourth-order valence-corrected chi connectivity index (χ4v) is 2.18. The molecule has 0 aliphatic heterocycles. The van der Waals surface area contributed by atoms with Crippen molar-refractivity contribution in [2.45, 2.75) is 26.8 Å². The fourth-order valence-electron chi connectivity index (χ4n) is 1.88. The van der Waals surface area contributed by atoms with Gasteiger partial charge in [-0.1, -0.05) is 6.92 Å². The molecule has 1 aromatic heterocycles. The minimum absolute atomic E-state index is 0.0686. The molecule has 0 aliphatic rings. The summed E-state index contributed by atoms with van der Waals surface area (Å²) in [6, 6.07) is 5.47. The third kappa shape index (κ3) is 2.34. The van der Waals surface area contributed by atoms with Gasteiger partial charge in [0.2, 0.25) is 5.28 Å². The van der Waals surface area contributed by atoms with Crippen LogP contribution in [-0.4, -0.2) is 22.0 Å². The van der Waals surface area contributed by atoms with Crippen LogP contribution in [-0.2, 0) is 6.54 Å². The topological polar surface area (TPSA) is 46.9 Å². The van der Waals surface area contributed by atoms with Crippen molar-refractivity contribution in [3.8, 4) is 0 Å². The number of carbonyl (C=O) groups is 1. The van der Waals surface area contributed by atoms with Gasteiger partial charge in [0.1, 0.15) is 0 Å². The van der Waals surface area contributed by atoms with Crippen LogP contribution in [0, 0.1) is 0 Å². The second-order valence-corrected chi connectivity index (χ2v) is 4.42. The third-order valence-electron chi connectivity index (χ3n) is 2.82. The highest BCUT2D eigenvalue weighted by Gasteiger charge is 2.11. The average Bonchev–Trinajstić information content (AvgIpc) is 2.69. The van der Waals surface area contributed by atoms with Crippen LogP contribution in [0.15, 0.2) is 18.2 Å². The number of aromatic nitrogens is 2. The number of aryl methyl sites for hydroxylation is 1. The second-order valence-electron chi connectivity index (χ2n) is 4.08. The van der Waals surface area contributed by atoms with Gasteiger partial charge in [0.05, 0.1) is 11.0 Å². The monoisotopic (exact) mass is 265 g/mol. The molecule has 2 rings (SSSR count). The predicted molar refractivity (Wildman–Crippen MR) is 73.0 cm³/mol. The van der Waals surface area contributed by atoms with Gasteiger partial charge in [0, 0.05) is 18.7 Å². The lowest BCUT2D eigenvalue weighted by atomic mass is 10.2. The van der Waals surface area contributed by atoms with Gasteiger partial charge < -0.3 is 9.88 Å². The molecule has 0 unspecified atom stereocenters. The number of rotatable bonds is 4. The second kappa shape index (κ2) is 5.40. The zero-order valence-corrected chi connectivity index (χ0v) is 11.3. The van der Waals surface area contributed by atoms with Gasteiger partial charge in [-0.05, 0) is 43.1 Å². The van der Waals surface area contributed by atoms with Gasteiger partial charge >= 0.3 is 0 Å². The Morgan fingerprint density at radius 1 is 1.44 bits per heavy atom. The van der Waals surface area contributed by atoms with E-state index in [1.54, 1.807) is 12.1 Å². The lowest BCUT2D eigenvalue weighted by Gasteiger charge is -2.04. The van der Waals surface area contributed by atoms with Crippen molar-refractivity contribution in [3.63, 3.8) is 0 Å². The number of fused-ring (bicyclic) bond motifs is 1. The molecule has 1 N–H and O–H groups in total. The SMILES string of the molecule is CCCNC(=O)c1ccc2c(c1)nc(Cl)n2CC. The number of nitrogens with one attached hydrogen (secondary N) is 1. The highest BCUT2D eigenvalue weighted by Crippen LogP contribution is 2.20. The summed E-state index contributed by atoms with van der Waals surface area (Å²) in [6.45, 7) is 5.47. The lowest BCUT2D eigenvalue weighted by molar-refractivity contribution is 0.0954. The molecule has 0 atom stereocenters. The van der Waals surface area contributed by atoms with Gasteiger partial charge in [0.25, 0.3) is 5.91 Å². The molecule has 1 heterocycles. The summed E-state index contributed by atoms with van der Waals surface area (Å²) in [7, 11) is 0. The maximum Gasteiger partial charge on any atom is 0.251 e. The number of nitrogens with zero attached hydrogens (tertiary/aromatic N) is 2. The molecule has 4 nitrogen and oxygen atoms in total. The van der Waals surface area contributed by atoms with Crippen molar-refractivity contribution in [3.05, 3.63) is 29.0 Å². The minimum atomic E-state index is -0.0686. The molecule has 5 heteroatoms. The van der Waals surface area contributed by atoms with Gasteiger partial charge in [0.15, 0.2) is 0 Å². The first-order valence-electron chi connectivity index (χ1n) is 6.11. The molecular weight excluding hydrogens is 250 g/mol. The standard InChI is InChI=1S/C13H16ClN3O/c1-3-7-15-12(18)9-5-6-11-10(8-9)16-13(14)17(11)4-2/h5-6,8H,3-4,7H2,1-2H3,(H,15,18). The van der Waals surface area contributed by atoms with E-state index in [-0.39, 0.29) is 5.91 Å². The van der Waals surface area contributed by atoms with E-state index >= 15 is 0 Å². The Morgan fingerprint density at radius 3 is 2.89 bits per heavy atom. The van der Waals surface area contributed by atoms with E-state index in [1.165, 1.54) is 0 Å². The van der Waals surface area contributed by atoms with Crippen LogP contribution in [0.2, 0.25) is 5.28 Å². The molecule has 0 radical (unpaired) electrons. The molecule has 0 saturated carbocycles. The fraction of sp³-hybridized carbons (Fsp3) is 0.385. The maximum absolute atomic E-state index is 11.8. The van der Waals surface area contributed by atoms with Crippen LogP contribution in [0.3, 0.4) is 0 Å². The third-order valence-corrected chi connectivity index (χ3v) is 3.10. The molecular formula is C13H16ClN3O. The molecule has 0 spiro atoms. The smallest absolute Gasteiger partial charge is 0.251 e. The summed E-state index contributed by atoms with van der Waals surface area (Å²) in [5.74, 6) is -0.0686. The van der Waals surface area contributed by atoms with Crippen molar-refractivity contribution in [1.29, 1.82) is 0 Å². The number of imidazole rings is 1. The minimum Gasteiger partial charge on any atom is -0.352 e. The van der Waals surface area contributed by atoms with Crippen LogP contribution in [0.4, 0.5) is 0 Å². The normalized spacial score (nSPS) is 10.8. The van der Waals surface area contributed by atoms with E-state index in [0.717, 1.165) is 24.0 Å². The summed E-state index contributed by atoms with van der Waals surface area (Å²) >= 11 is 6.03. The molecule has 0 fully saturated rings. The largest absolute Gasteiger partial charge is 0.352 e. The predicted octanol–water partition coefficient (Wildman–Crippen LogP) is 2.85. The average molecular weight is 266 g/mol. The van der Waals surface area contributed by atoms with Gasteiger partial charge in [-0.2, -0.15) is 0 Å². The Hall–Kier alpha value is -1.55. The molecule has 0 bridgehead atoms. The van der Waals surface area contributed by atoms with Gasteiger partial charge in [-0.15, -0.1) is 0 Å². The molecule has 18 heavy (non-hydrogen) atoms. The quantitative estimate of drug-likeness (QED) is 0.924. The van der Waals surface area contributed by atoms with E-state index < -0.39 is 0 Å². The van der Waals surface area contributed by atoms with Crippen LogP contribution >= 0.6 is 11.6 Å². The van der Waals surface area contributed by atoms with Crippen molar-refractivity contribution in [1.82, 2.24) is 14.9 Å². The van der Waals surface area contributed by atoms with Crippen molar-refractivity contribution in [2.24, 2.45) is 0 Å². The summed E-state index contributed by atoms with van der Waals surface area (Å²) < 4.78 is 1.91. The molecule has 96 valence electrons. The van der Waals surface area contributed by atoms with Crippen molar-refractivity contribution >= 4 is 28.5 Å². The van der Waals surface area contributed by atoms with Gasteiger partial charge in [-0.3, -0.25) is 4.79 Å². The van der Waals surface area contributed by atoms with E-state index in [0.29, 0.717) is 17.4 Å². The van der Waals surface area contributed by atoms with Crippen LogP contribution in [0.1, 0.15) is 30.6 Å². The van der Waals surface area contributed by atoms with E-state index in [4.69, 9.17) is 11.6 Å². The zero-order valence-electron chi connectivity index (χ0n) is 10.5. The number of hydrogen-bond acceptors (Lipinski definition) is 2. The summed E-state index contributed by atoms with van der Waals surface area (Å²) in [5, 5.41) is 3.30. The Balaban J connectivity index is 2.36. The zero-order chi connectivity index (χ0) is 13.1. The number of amides is 1. The van der Waals surface area contributed by atoms with Gasteiger partial charge in [-0.25, -0.2) is 4.98 Å². The number of halogens is 1. The highest BCUT2D eigenvalue weighted by atomic mass is 35.5. The van der Waals surface area contributed by atoms with Crippen molar-refractivity contribution < 1.29 is 4.79 Å². The molecule has 0 aliphatic carbocycles. The summed E-state index contributed by atoms with van der Waals surface area (Å²) in [5.41, 5.74) is 2.33. The maximum atomic E-state index is 11.8. The van der Waals surface area contributed by atoms with Crippen molar-refractivity contribution in [2.75, 3.05) is 6.54 Å². The number of benzene rings is 1.